The second-order valence-electron chi connectivity index (χ2n) is 14.3. The van der Waals surface area contributed by atoms with Crippen molar-refractivity contribution in [3.63, 3.8) is 0 Å². The number of ether oxygens (including phenoxy) is 1. The zero-order chi connectivity index (χ0) is 32.5. The summed E-state index contributed by atoms with van der Waals surface area (Å²) < 4.78 is 5.64. The molecule has 0 bridgehead atoms. The van der Waals surface area contributed by atoms with Crippen molar-refractivity contribution in [2.45, 2.75) is 155 Å². The number of carbonyl (C=O) groups is 1. The van der Waals surface area contributed by atoms with Crippen LogP contribution in [-0.2, 0) is 22.0 Å². The summed E-state index contributed by atoms with van der Waals surface area (Å²) in [7, 11) is 0. The van der Waals surface area contributed by atoms with Crippen LogP contribution in [0.25, 0.3) is 0 Å². The van der Waals surface area contributed by atoms with Gasteiger partial charge in [-0.3, -0.25) is 4.79 Å². The first-order chi connectivity index (χ1) is 21.7. The monoisotopic (exact) mass is 610 g/mol. The van der Waals surface area contributed by atoms with Gasteiger partial charge in [-0.25, -0.2) is 0 Å². The molecule has 3 rings (SSSR count). The van der Waals surface area contributed by atoms with Crippen molar-refractivity contribution >= 4 is 5.97 Å². The largest absolute Gasteiger partial charge is 0.427 e. The van der Waals surface area contributed by atoms with Crippen molar-refractivity contribution in [3.05, 3.63) is 101 Å². The smallest absolute Gasteiger partial charge is 0.311 e. The highest BCUT2D eigenvalue weighted by Crippen LogP contribution is 2.36. The summed E-state index contributed by atoms with van der Waals surface area (Å²) in [6.45, 7) is 13.7. The molecule has 0 aliphatic heterocycles. The standard InChI is InChI=1S/C43H62O2/c1-7-9-11-13-15-17-19-21-35-23-25-36(26-24-35)42(3,4)37-27-29-38(30-28-37)43(5,6)39-31-33-40(34-32-39)45-41(44)22-20-18-16-14-12-10-8-2/h23-34H,7-22H2,1-6H3. The molecule has 2 nitrogen and oxygen atoms in total. The molecule has 0 heterocycles. The number of esters is 1. The minimum Gasteiger partial charge on any atom is -0.427 e. The highest BCUT2D eigenvalue weighted by Gasteiger charge is 2.26. The molecule has 0 amide bonds. The van der Waals surface area contributed by atoms with Crippen LogP contribution in [0.2, 0.25) is 0 Å². The molecule has 0 radical (unpaired) electrons. The second kappa shape index (κ2) is 18.9. The molecule has 45 heavy (non-hydrogen) atoms. The Labute approximate surface area is 276 Å². The van der Waals surface area contributed by atoms with Crippen molar-refractivity contribution < 1.29 is 9.53 Å². The van der Waals surface area contributed by atoms with Gasteiger partial charge in [-0.2, -0.15) is 0 Å². The predicted molar refractivity (Wildman–Crippen MR) is 194 cm³/mol. The van der Waals surface area contributed by atoms with Gasteiger partial charge in [0.25, 0.3) is 0 Å². The zero-order valence-electron chi connectivity index (χ0n) is 29.6. The average molecular weight is 611 g/mol. The van der Waals surface area contributed by atoms with Gasteiger partial charge in [-0.1, -0.05) is 179 Å². The first kappa shape index (κ1) is 36.6. The van der Waals surface area contributed by atoms with Crippen LogP contribution >= 0.6 is 0 Å². The summed E-state index contributed by atoms with van der Waals surface area (Å²) in [6.07, 6.45) is 19.5. The van der Waals surface area contributed by atoms with Crippen LogP contribution in [0.1, 0.15) is 166 Å². The molecule has 0 unspecified atom stereocenters. The Morgan fingerprint density at radius 1 is 0.489 bits per heavy atom. The van der Waals surface area contributed by atoms with E-state index in [4.69, 9.17) is 4.74 Å². The van der Waals surface area contributed by atoms with Gasteiger partial charge in [-0.15, -0.1) is 0 Å². The molecule has 0 saturated carbocycles. The maximum atomic E-state index is 12.4. The fourth-order valence-corrected chi connectivity index (χ4v) is 6.36. The zero-order valence-corrected chi connectivity index (χ0v) is 29.6. The minimum atomic E-state index is -0.166. The fourth-order valence-electron chi connectivity index (χ4n) is 6.36. The highest BCUT2D eigenvalue weighted by molar-refractivity contribution is 5.72. The molecule has 0 spiro atoms. The Kier molecular flexibility index (Phi) is 15.4. The van der Waals surface area contributed by atoms with E-state index in [0.29, 0.717) is 12.2 Å². The van der Waals surface area contributed by atoms with Crippen molar-refractivity contribution in [2.24, 2.45) is 0 Å². The molecular formula is C43H62O2. The molecular weight excluding hydrogens is 548 g/mol. The second-order valence-corrected chi connectivity index (χ2v) is 14.3. The van der Waals surface area contributed by atoms with Crippen molar-refractivity contribution in [1.29, 1.82) is 0 Å². The lowest BCUT2D eigenvalue weighted by atomic mass is 9.74. The van der Waals surface area contributed by atoms with Gasteiger partial charge < -0.3 is 4.74 Å². The van der Waals surface area contributed by atoms with Crippen molar-refractivity contribution in [1.82, 2.24) is 0 Å². The van der Waals surface area contributed by atoms with Gasteiger partial charge in [0.1, 0.15) is 5.75 Å². The van der Waals surface area contributed by atoms with Gasteiger partial charge in [0, 0.05) is 17.3 Å². The van der Waals surface area contributed by atoms with Crippen LogP contribution in [0.4, 0.5) is 0 Å². The van der Waals surface area contributed by atoms with E-state index >= 15 is 0 Å². The van der Waals surface area contributed by atoms with E-state index in [1.54, 1.807) is 0 Å². The molecule has 2 heteroatoms. The molecule has 0 fully saturated rings. The third-order valence-electron chi connectivity index (χ3n) is 9.87. The maximum absolute atomic E-state index is 12.4. The van der Waals surface area contributed by atoms with Gasteiger partial charge >= 0.3 is 5.97 Å². The lowest BCUT2D eigenvalue weighted by Gasteiger charge is -2.29. The number of unbranched alkanes of at least 4 members (excludes halogenated alkanes) is 12. The molecule has 0 atom stereocenters. The summed E-state index contributed by atoms with van der Waals surface area (Å²) >= 11 is 0. The molecule has 0 aromatic heterocycles. The minimum absolute atomic E-state index is 0.0684. The van der Waals surface area contributed by atoms with E-state index in [0.717, 1.165) is 12.8 Å². The van der Waals surface area contributed by atoms with E-state index < -0.39 is 0 Å². The first-order valence-corrected chi connectivity index (χ1v) is 18.2. The van der Waals surface area contributed by atoms with Crippen molar-refractivity contribution in [2.75, 3.05) is 0 Å². The number of benzene rings is 3. The number of rotatable bonds is 21. The lowest BCUT2D eigenvalue weighted by Crippen LogP contribution is -2.21. The topological polar surface area (TPSA) is 26.3 Å². The molecule has 0 aliphatic carbocycles. The fraction of sp³-hybridized carbons (Fsp3) is 0.558. The first-order valence-electron chi connectivity index (χ1n) is 18.2. The molecule has 0 aliphatic rings. The Morgan fingerprint density at radius 2 is 0.844 bits per heavy atom. The number of aryl methyl sites for hydroxylation is 1. The molecule has 3 aromatic rings. The van der Waals surface area contributed by atoms with E-state index in [1.165, 1.54) is 111 Å². The van der Waals surface area contributed by atoms with Gasteiger partial charge in [0.15, 0.2) is 0 Å². The van der Waals surface area contributed by atoms with E-state index in [-0.39, 0.29) is 16.8 Å². The predicted octanol–water partition coefficient (Wildman–Crippen LogP) is 12.7. The van der Waals surface area contributed by atoms with Crippen LogP contribution in [0.15, 0.2) is 72.8 Å². The average Bonchev–Trinajstić information content (AvgIpc) is 3.04. The summed E-state index contributed by atoms with van der Waals surface area (Å²) in [5.74, 6) is 0.504. The third kappa shape index (κ3) is 11.8. The summed E-state index contributed by atoms with van der Waals surface area (Å²) in [5, 5.41) is 0. The highest BCUT2D eigenvalue weighted by atomic mass is 16.5. The lowest BCUT2D eigenvalue weighted by molar-refractivity contribution is -0.134. The number of hydrogen-bond acceptors (Lipinski definition) is 2. The van der Waals surface area contributed by atoms with Crippen LogP contribution < -0.4 is 4.74 Å². The molecule has 3 aromatic carbocycles. The van der Waals surface area contributed by atoms with E-state index in [9.17, 15) is 4.79 Å². The Hall–Kier alpha value is -2.87. The Morgan fingerprint density at radius 3 is 1.29 bits per heavy atom. The summed E-state index contributed by atoms with van der Waals surface area (Å²) in [5.41, 5.74) is 6.38. The van der Waals surface area contributed by atoms with Crippen LogP contribution in [-0.4, -0.2) is 5.97 Å². The van der Waals surface area contributed by atoms with Crippen LogP contribution in [0, 0.1) is 0 Å². The molecule has 246 valence electrons. The van der Waals surface area contributed by atoms with Crippen LogP contribution in [0.5, 0.6) is 5.75 Å². The van der Waals surface area contributed by atoms with E-state index in [1.807, 2.05) is 12.1 Å². The van der Waals surface area contributed by atoms with Gasteiger partial charge in [0.05, 0.1) is 0 Å². The normalized spacial score (nSPS) is 12.0. The van der Waals surface area contributed by atoms with Crippen molar-refractivity contribution in [3.8, 4) is 5.75 Å². The SMILES string of the molecule is CCCCCCCCCC(=O)Oc1ccc(C(C)(C)c2ccc(C(C)(C)c3ccc(CCCCCCCCC)cc3)cc2)cc1. The maximum Gasteiger partial charge on any atom is 0.311 e. The van der Waals surface area contributed by atoms with E-state index in [2.05, 4.69) is 102 Å². The van der Waals surface area contributed by atoms with Crippen LogP contribution in [0.3, 0.4) is 0 Å². The quantitative estimate of drug-likeness (QED) is 0.0681. The Balaban J connectivity index is 1.52. The summed E-state index contributed by atoms with van der Waals surface area (Å²) in [6, 6.07) is 26.6. The number of hydrogen-bond donors (Lipinski definition) is 0. The molecule has 0 N–H and O–H groups in total. The Bertz CT molecular complexity index is 1230. The summed E-state index contributed by atoms with van der Waals surface area (Å²) in [4.78, 5) is 12.4. The van der Waals surface area contributed by atoms with Gasteiger partial charge in [0.2, 0.25) is 0 Å². The third-order valence-corrected chi connectivity index (χ3v) is 9.87. The van der Waals surface area contributed by atoms with Gasteiger partial charge in [-0.05, 0) is 59.2 Å². The number of carbonyl (C=O) groups excluding carboxylic acids is 1. The molecule has 0 saturated heterocycles.